The molecule has 1 saturated heterocycles. The minimum absolute atomic E-state index is 0. The maximum Gasteiger partial charge on any atom is 0.243 e. The van der Waals surface area contributed by atoms with E-state index < -0.39 is 15.6 Å². The van der Waals surface area contributed by atoms with Gasteiger partial charge in [0.15, 0.2) is 0 Å². The van der Waals surface area contributed by atoms with Crippen LogP contribution in [0.1, 0.15) is 18.5 Å². The lowest BCUT2D eigenvalue weighted by atomic mass is 9.94. The molecule has 7 nitrogen and oxygen atoms in total. The van der Waals surface area contributed by atoms with Crippen LogP contribution in [0.5, 0.6) is 0 Å². The molecule has 1 aromatic rings. The van der Waals surface area contributed by atoms with Gasteiger partial charge in [0.2, 0.25) is 10.0 Å². The first-order chi connectivity index (χ1) is 10.9. The molecule has 0 saturated carbocycles. The van der Waals surface area contributed by atoms with E-state index in [2.05, 4.69) is 9.71 Å². The first-order valence-electron chi connectivity index (χ1n) is 7.43. The number of nitrogens with zero attached hydrogens (tertiary/aromatic N) is 1. The van der Waals surface area contributed by atoms with E-state index in [9.17, 15) is 8.42 Å². The zero-order valence-electron chi connectivity index (χ0n) is 13.5. The van der Waals surface area contributed by atoms with E-state index in [0.717, 1.165) is 0 Å². The van der Waals surface area contributed by atoms with Crippen LogP contribution in [0.3, 0.4) is 0 Å². The number of pyridine rings is 1. The minimum atomic E-state index is -3.72. The zero-order valence-corrected chi connectivity index (χ0v) is 15.8. The van der Waals surface area contributed by atoms with Crippen molar-refractivity contribution >= 4 is 34.0 Å². The van der Waals surface area contributed by atoms with Gasteiger partial charge >= 0.3 is 0 Å². The van der Waals surface area contributed by atoms with Crippen molar-refractivity contribution in [2.45, 2.75) is 30.3 Å². The van der Waals surface area contributed by atoms with Crippen LogP contribution in [0.25, 0.3) is 0 Å². The standard InChI is InChI=1S/C14H22ClN3O4S.ClH/c1-11-2-3-12(13(15)18-11)23(19,20)17-6-9-22-14(10-16)4-7-21-8-5-14;/h2-3,17H,4-10,16H2,1H3;1H. The van der Waals surface area contributed by atoms with Crippen molar-refractivity contribution in [3.8, 4) is 0 Å². The van der Waals surface area contributed by atoms with Crippen LogP contribution in [0.4, 0.5) is 0 Å². The number of aryl methyl sites for hydroxylation is 1. The SMILES string of the molecule is Cc1ccc(S(=O)(=O)NCCOC2(CN)CCOCC2)c(Cl)n1.Cl. The van der Waals surface area contributed by atoms with E-state index in [1.54, 1.807) is 13.0 Å². The van der Waals surface area contributed by atoms with E-state index in [1.165, 1.54) is 6.07 Å². The molecule has 0 spiro atoms. The number of aromatic nitrogens is 1. The van der Waals surface area contributed by atoms with Crippen LogP contribution in [0.2, 0.25) is 5.15 Å². The molecule has 0 aliphatic carbocycles. The van der Waals surface area contributed by atoms with E-state index >= 15 is 0 Å². The molecule has 0 unspecified atom stereocenters. The van der Waals surface area contributed by atoms with Gasteiger partial charge in [0.25, 0.3) is 0 Å². The van der Waals surface area contributed by atoms with Crippen LogP contribution in [-0.4, -0.2) is 51.9 Å². The summed E-state index contributed by atoms with van der Waals surface area (Å²) in [6.07, 6.45) is 1.42. The number of nitrogens with two attached hydrogens (primary N) is 1. The fourth-order valence-electron chi connectivity index (χ4n) is 2.38. The number of ether oxygens (including phenoxy) is 2. The summed E-state index contributed by atoms with van der Waals surface area (Å²) in [5, 5.41) is -0.0405. The van der Waals surface area contributed by atoms with Crippen molar-refractivity contribution in [3.05, 3.63) is 23.0 Å². The summed E-state index contributed by atoms with van der Waals surface area (Å²) in [7, 11) is -3.72. The second-order valence-electron chi connectivity index (χ2n) is 5.49. The van der Waals surface area contributed by atoms with Crippen molar-refractivity contribution in [1.29, 1.82) is 0 Å². The Balaban J connectivity index is 0.00000288. The molecule has 0 radical (unpaired) electrons. The second-order valence-corrected chi connectivity index (χ2v) is 7.58. The fraction of sp³-hybridized carbons (Fsp3) is 0.643. The summed E-state index contributed by atoms with van der Waals surface area (Å²) in [5.74, 6) is 0. The average Bonchev–Trinajstić information content (AvgIpc) is 2.52. The highest BCUT2D eigenvalue weighted by molar-refractivity contribution is 7.89. The molecule has 24 heavy (non-hydrogen) atoms. The monoisotopic (exact) mass is 399 g/mol. The van der Waals surface area contributed by atoms with E-state index in [4.69, 9.17) is 26.8 Å². The smallest absolute Gasteiger partial charge is 0.243 e. The van der Waals surface area contributed by atoms with Crippen LogP contribution < -0.4 is 10.5 Å². The highest BCUT2D eigenvalue weighted by Crippen LogP contribution is 2.24. The van der Waals surface area contributed by atoms with E-state index in [0.29, 0.717) is 38.3 Å². The summed E-state index contributed by atoms with van der Waals surface area (Å²) in [5.41, 5.74) is 6.02. The van der Waals surface area contributed by atoms with Crippen LogP contribution >= 0.6 is 24.0 Å². The fourth-order valence-corrected chi connectivity index (χ4v) is 3.91. The molecular weight excluding hydrogens is 377 g/mol. The maximum absolute atomic E-state index is 12.2. The molecule has 1 aliphatic rings. The first-order valence-corrected chi connectivity index (χ1v) is 9.29. The highest BCUT2D eigenvalue weighted by atomic mass is 35.5. The molecule has 1 aliphatic heterocycles. The van der Waals surface area contributed by atoms with Gasteiger partial charge in [-0.25, -0.2) is 18.1 Å². The lowest BCUT2D eigenvalue weighted by Crippen LogP contribution is -2.46. The van der Waals surface area contributed by atoms with Crippen LogP contribution in [0, 0.1) is 6.92 Å². The molecule has 2 rings (SSSR count). The van der Waals surface area contributed by atoms with Crippen molar-refractivity contribution in [1.82, 2.24) is 9.71 Å². The normalized spacial score (nSPS) is 17.3. The van der Waals surface area contributed by atoms with Gasteiger partial charge < -0.3 is 15.2 Å². The van der Waals surface area contributed by atoms with Gasteiger partial charge in [0.1, 0.15) is 10.0 Å². The Morgan fingerprint density at radius 3 is 2.67 bits per heavy atom. The number of sulfonamides is 1. The van der Waals surface area contributed by atoms with Gasteiger partial charge in [0.05, 0.1) is 12.2 Å². The first kappa shape index (κ1) is 21.6. The molecule has 1 fully saturated rings. The lowest BCUT2D eigenvalue weighted by Gasteiger charge is -2.36. The van der Waals surface area contributed by atoms with Gasteiger partial charge in [0, 0.05) is 44.8 Å². The summed E-state index contributed by atoms with van der Waals surface area (Å²) in [6.45, 7) is 3.70. The van der Waals surface area contributed by atoms with Crippen LogP contribution in [0.15, 0.2) is 17.0 Å². The Labute approximate surface area is 153 Å². The molecule has 0 amide bonds. The summed E-state index contributed by atoms with van der Waals surface area (Å²) in [6, 6.07) is 3.04. The third-order valence-corrected chi connectivity index (χ3v) is 5.71. The number of hydrogen-bond acceptors (Lipinski definition) is 6. The predicted octanol–water partition coefficient (Wildman–Crippen LogP) is 1.27. The Morgan fingerprint density at radius 1 is 1.42 bits per heavy atom. The van der Waals surface area contributed by atoms with Gasteiger partial charge in [-0.3, -0.25) is 0 Å². The topological polar surface area (TPSA) is 104 Å². The Kier molecular flexibility index (Phi) is 8.34. The molecule has 0 bridgehead atoms. The molecule has 2 heterocycles. The molecular formula is C14H23Cl2N3O4S. The van der Waals surface area contributed by atoms with Crippen molar-refractivity contribution in [3.63, 3.8) is 0 Å². The zero-order chi connectivity index (χ0) is 16.9. The molecule has 10 heteroatoms. The van der Waals surface area contributed by atoms with Gasteiger partial charge in [-0.05, 0) is 19.1 Å². The van der Waals surface area contributed by atoms with Crippen LogP contribution in [-0.2, 0) is 19.5 Å². The van der Waals surface area contributed by atoms with Gasteiger partial charge in [-0.15, -0.1) is 12.4 Å². The maximum atomic E-state index is 12.2. The summed E-state index contributed by atoms with van der Waals surface area (Å²) in [4.78, 5) is 3.91. The molecule has 138 valence electrons. The summed E-state index contributed by atoms with van der Waals surface area (Å²) >= 11 is 5.90. The van der Waals surface area contributed by atoms with E-state index in [-0.39, 0.29) is 35.6 Å². The lowest BCUT2D eigenvalue weighted by molar-refractivity contribution is -0.103. The van der Waals surface area contributed by atoms with Crippen molar-refractivity contribution in [2.24, 2.45) is 5.73 Å². The quantitative estimate of drug-likeness (QED) is 0.528. The van der Waals surface area contributed by atoms with Crippen molar-refractivity contribution < 1.29 is 17.9 Å². The Morgan fingerprint density at radius 2 is 2.08 bits per heavy atom. The molecule has 1 aromatic heterocycles. The number of halogens is 2. The average molecular weight is 400 g/mol. The molecule has 0 aromatic carbocycles. The third-order valence-electron chi connectivity index (χ3n) is 3.82. The minimum Gasteiger partial charge on any atom is -0.381 e. The van der Waals surface area contributed by atoms with E-state index in [1.807, 2.05) is 0 Å². The highest BCUT2D eigenvalue weighted by Gasteiger charge is 2.32. The number of nitrogens with one attached hydrogen (secondary N) is 1. The summed E-state index contributed by atoms with van der Waals surface area (Å²) < 4.78 is 38.0. The molecule has 3 N–H and O–H groups in total. The Hall–Kier alpha value is -0.480. The molecule has 0 atom stereocenters. The predicted molar refractivity (Wildman–Crippen MR) is 94.2 cm³/mol. The van der Waals surface area contributed by atoms with Crippen molar-refractivity contribution in [2.75, 3.05) is 32.9 Å². The number of rotatable bonds is 7. The largest absolute Gasteiger partial charge is 0.381 e. The number of hydrogen-bond donors (Lipinski definition) is 2. The van der Waals surface area contributed by atoms with Gasteiger partial charge in [-0.1, -0.05) is 11.6 Å². The Bertz CT molecular complexity index is 637. The van der Waals surface area contributed by atoms with Gasteiger partial charge in [-0.2, -0.15) is 0 Å². The third kappa shape index (κ3) is 5.52. The second kappa shape index (κ2) is 9.28.